The van der Waals surface area contributed by atoms with Crippen LogP contribution in [0.5, 0.6) is 0 Å². The molecule has 1 aromatic carbocycles. The number of carbonyl (C=O) groups is 2. The summed E-state index contributed by atoms with van der Waals surface area (Å²) < 4.78 is 0. The lowest BCUT2D eigenvalue weighted by atomic mass is 9.80. The molecular formula is C19H28O2. The Balaban J connectivity index is 3.16. The van der Waals surface area contributed by atoms with E-state index >= 15 is 0 Å². The summed E-state index contributed by atoms with van der Waals surface area (Å²) in [4.78, 5) is 25.4. The smallest absolute Gasteiger partial charge is 0.173 e. The van der Waals surface area contributed by atoms with E-state index in [1.165, 1.54) is 0 Å². The molecule has 0 bridgehead atoms. The fourth-order valence-corrected chi connectivity index (χ4v) is 2.74. The van der Waals surface area contributed by atoms with E-state index in [1.54, 1.807) is 0 Å². The van der Waals surface area contributed by atoms with Crippen molar-refractivity contribution >= 4 is 11.6 Å². The Morgan fingerprint density at radius 1 is 0.952 bits per heavy atom. The molecule has 2 nitrogen and oxygen atoms in total. The molecule has 1 rings (SSSR count). The fourth-order valence-electron chi connectivity index (χ4n) is 2.74. The zero-order chi connectivity index (χ0) is 16.2. The van der Waals surface area contributed by atoms with E-state index in [1.807, 2.05) is 52.0 Å². The summed E-state index contributed by atoms with van der Waals surface area (Å²) in [6, 6.07) is 7.67. The molecule has 0 heterocycles. The molecule has 0 aromatic heterocycles. The maximum absolute atomic E-state index is 12.9. The van der Waals surface area contributed by atoms with Crippen molar-refractivity contribution in [3.8, 4) is 0 Å². The number of carbonyl (C=O) groups excluding carboxylic acids is 2. The van der Waals surface area contributed by atoms with Crippen LogP contribution in [0.3, 0.4) is 0 Å². The second kappa shape index (κ2) is 7.53. The Bertz CT molecular complexity index is 498. The molecule has 0 aliphatic carbocycles. The zero-order valence-corrected chi connectivity index (χ0v) is 14.1. The molecule has 1 aromatic rings. The summed E-state index contributed by atoms with van der Waals surface area (Å²) >= 11 is 0. The van der Waals surface area contributed by atoms with Crippen LogP contribution in [0, 0.1) is 17.8 Å². The Morgan fingerprint density at radius 3 is 2.00 bits per heavy atom. The Labute approximate surface area is 128 Å². The summed E-state index contributed by atoms with van der Waals surface area (Å²) in [6.45, 7) is 12.1. The van der Waals surface area contributed by atoms with Gasteiger partial charge in [-0.15, -0.1) is 0 Å². The normalized spacial score (nSPS) is 13.0. The molecule has 0 saturated heterocycles. The van der Waals surface area contributed by atoms with Gasteiger partial charge in [-0.25, -0.2) is 0 Å². The van der Waals surface area contributed by atoms with Crippen molar-refractivity contribution in [3.63, 3.8) is 0 Å². The van der Waals surface area contributed by atoms with Gasteiger partial charge < -0.3 is 0 Å². The van der Waals surface area contributed by atoms with Gasteiger partial charge >= 0.3 is 0 Å². The molecule has 0 fully saturated rings. The summed E-state index contributed by atoms with van der Waals surface area (Å²) in [7, 11) is 0. The fraction of sp³-hybridized carbons (Fsp3) is 0.579. The van der Waals surface area contributed by atoms with Gasteiger partial charge in [0.15, 0.2) is 5.78 Å². The second-order valence-electron chi connectivity index (χ2n) is 6.89. The van der Waals surface area contributed by atoms with E-state index in [4.69, 9.17) is 0 Å². The van der Waals surface area contributed by atoms with Crippen LogP contribution in [0.2, 0.25) is 0 Å². The van der Waals surface area contributed by atoms with Gasteiger partial charge in [0.05, 0.1) is 5.92 Å². The number of hydrogen-bond acceptors (Lipinski definition) is 2. The molecule has 116 valence electrons. The van der Waals surface area contributed by atoms with Crippen LogP contribution in [0.25, 0.3) is 0 Å². The molecule has 0 N–H and O–H groups in total. The first-order chi connectivity index (χ1) is 9.75. The standard InChI is InChI=1S/C19H28O2/c1-12(2)11-17(20)18(14(5)6)19(21)16-10-8-7-9-15(16)13(3)4/h7-10,12-14,18H,11H2,1-6H3. The third kappa shape index (κ3) is 4.52. The van der Waals surface area contributed by atoms with Crippen molar-refractivity contribution in [2.45, 2.75) is 53.9 Å². The summed E-state index contributed by atoms with van der Waals surface area (Å²) in [5.41, 5.74) is 1.74. The van der Waals surface area contributed by atoms with Crippen molar-refractivity contribution in [3.05, 3.63) is 35.4 Å². The second-order valence-corrected chi connectivity index (χ2v) is 6.89. The maximum atomic E-state index is 12.9. The van der Waals surface area contributed by atoms with E-state index in [0.29, 0.717) is 12.0 Å². The van der Waals surface area contributed by atoms with Crippen LogP contribution in [0.4, 0.5) is 0 Å². The Hall–Kier alpha value is -1.44. The van der Waals surface area contributed by atoms with Gasteiger partial charge in [0.2, 0.25) is 0 Å². The predicted octanol–water partition coefficient (Wildman–Crippen LogP) is 4.88. The third-order valence-electron chi connectivity index (χ3n) is 3.75. The average molecular weight is 288 g/mol. The number of benzene rings is 1. The summed E-state index contributed by atoms with van der Waals surface area (Å²) in [5, 5.41) is 0. The third-order valence-corrected chi connectivity index (χ3v) is 3.75. The quantitative estimate of drug-likeness (QED) is 0.529. The molecule has 0 radical (unpaired) electrons. The van der Waals surface area contributed by atoms with Gasteiger partial charge in [-0.1, -0.05) is 65.8 Å². The Kier molecular flexibility index (Phi) is 6.32. The van der Waals surface area contributed by atoms with Crippen molar-refractivity contribution in [1.29, 1.82) is 0 Å². The minimum absolute atomic E-state index is 0.0139. The van der Waals surface area contributed by atoms with Gasteiger partial charge in [-0.3, -0.25) is 9.59 Å². The molecule has 0 saturated carbocycles. The van der Waals surface area contributed by atoms with E-state index in [2.05, 4.69) is 13.8 Å². The van der Waals surface area contributed by atoms with Gasteiger partial charge in [0.1, 0.15) is 5.78 Å². The molecule has 0 amide bonds. The number of ketones is 2. The predicted molar refractivity (Wildman–Crippen MR) is 87.7 cm³/mol. The van der Waals surface area contributed by atoms with E-state index < -0.39 is 5.92 Å². The first kappa shape index (κ1) is 17.6. The van der Waals surface area contributed by atoms with Crippen LogP contribution in [0.1, 0.15) is 69.8 Å². The van der Waals surface area contributed by atoms with Gasteiger partial charge in [0, 0.05) is 12.0 Å². The highest BCUT2D eigenvalue weighted by molar-refractivity contribution is 6.11. The first-order valence-corrected chi connectivity index (χ1v) is 7.91. The largest absolute Gasteiger partial charge is 0.299 e. The first-order valence-electron chi connectivity index (χ1n) is 7.91. The van der Waals surface area contributed by atoms with Crippen molar-refractivity contribution in [1.82, 2.24) is 0 Å². The minimum atomic E-state index is -0.521. The molecule has 1 unspecified atom stereocenters. The lowest BCUT2D eigenvalue weighted by molar-refractivity contribution is -0.123. The molecule has 0 aliphatic heterocycles. The van der Waals surface area contributed by atoms with Gasteiger partial charge in [0.25, 0.3) is 0 Å². The number of Topliss-reactive ketones (excluding diaryl/α,β-unsaturated/α-hetero) is 2. The van der Waals surface area contributed by atoms with E-state index in [-0.39, 0.29) is 29.3 Å². The lowest BCUT2D eigenvalue weighted by Gasteiger charge is -2.21. The van der Waals surface area contributed by atoms with E-state index in [0.717, 1.165) is 5.56 Å². The number of hydrogen-bond donors (Lipinski definition) is 0. The topological polar surface area (TPSA) is 34.1 Å². The van der Waals surface area contributed by atoms with Crippen molar-refractivity contribution in [2.24, 2.45) is 17.8 Å². The van der Waals surface area contributed by atoms with Crippen LogP contribution in [-0.2, 0) is 4.79 Å². The molecule has 0 spiro atoms. The van der Waals surface area contributed by atoms with Gasteiger partial charge in [-0.2, -0.15) is 0 Å². The van der Waals surface area contributed by atoms with Crippen LogP contribution < -0.4 is 0 Å². The molecular weight excluding hydrogens is 260 g/mol. The highest BCUT2D eigenvalue weighted by Crippen LogP contribution is 2.26. The van der Waals surface area contributed by atoms with Crippen LogP contribution in [-0.4, -0.2) is 11.6 Å². The van der Waals surface area contributed by atoms with Crippen LogP contribution in [0.15, 0.2) is 24.3 Å². The minimum Gasteiger partial charge on any atom is -0.299 e. The van der Waals surface area contributed by atoms with E-state index in [9.17, 15) is 9.59 Å². The monoisotopic (exact) mass is 288 g/mol. The lowest BCUT2D eigenvalue weighted by Crippen LogP contribution is -2.30. The highest BCUT2D eigenvalue weighted by atomic mass is 16.2. The number of rotatable bonds is 7. The highest BCUT2D eigenvalue weighted by Gasteiger charge is 2.31. The average Bonchev–Trinajstić information content (AvgIpc) is 2.37. The van der Waals surface area contributed by atoms with Gasteiger partial charge in [-0.05, 0) is 23.3 Å². The Morgan fingerprint density at radius 2 is 1.52 bits per heavy atom. The van der Waals surface area contributed by atoms with Crippen LogP contribution >= 0.6 is 0 Å². The van der Waals surface area contributed by atoms with Crippen molar-refractivity contribution in [2.75, 3.05) is 0 Å². The zero-order valence-electron chi connectivity index (χ0n) is 14.1. The molecule has 21 heavy (non-hydrogen) atoms. The van der Waals surface area contributed by atoms with Crippen molar-refractivity contribution < 1.29 is 9.59 Å². The SMILES string of the molecule is CC(C)CC(=O)C(C(=O)c1ccccc1C(C)C)C(C)C. The molecule has 2 heteroatoms. The summed E-state index contributed by atoms with van der Waals surface area (Å²) in [6.07, 6.45) is 0.471. The maximum Gasteiger partial charge on any atom is 0.173 e. The summed E-state index contributed by atoms with van der Waals surface area (Å²) in [5.74, 6) is 0.129. The molecule has 1 atom stereocenters. The molecule has 0 aliphatic rings.